The second-order valence-electron chi connectivity index (χ2n) is 3.01. The number of imide groups is 1. The molecule has 0 spiro atoms. The normalized spacial score (nSPS) is 11.7. The van der Waals surface area contributed by atoms with Crippen molar-refractivity contribution in [3.05, 3.63) is 34.9 Å². The second-order valence-corrected chi connectivity index (χ2v) is 3.91. The van der Waals surface area contributed by atoms with Gasteiger partial charge >= 0.3 is 56.6 Å². The molecular weight excluding hydrogens is 296 g/mol. The van der Waals surface area contributed by atoms with Gasteiger partial charge in [0.25, 0.3) is 11.8 Å². The van der Waals surface area contributed by atoms with E-state index in [4.69, 9.17) is 19.2 Å². The number of nitrogens with one attached hydrogen (secondary N) is 1. The Morgan fingerprint density at radius 3 is 1.81 bits per heavy atom. The Hall–Kier alpha value is 0.122. The quantitative estimate of drug-likeness (QED) is 0.287. The number of hydrogen-bond acceptors (Lipinski definition) is 6. The van der Waals surface area contributed by atoms with Crippen LogP contribution in [0, 0.1) is 11.6 Å². The summed E-state index contributed by atoms with van der Waals surface area (Å²) in [5.74, 6) is -4.00. The van der Waals surface area contributed by atoms with Crippen molar-refractivity contribution in [3.8, 4) is 0 Å². The Labute approximate surface area is 153 Å². The zero-order valence-corrected chi connectivity index (χ0v) is 12.2. The summed E-state index contributed by atoms with van der Waals surface area (Å²) in [6.45, 7) is 0. The zero-order valence-electron chi connectivity index (χ0n) is 11.3. The molecule has 0 saturated carbocycles. The van der Waals surface area contributed by atoms with Crippen LogP contribution in [0.4, 0.5) is 8.78 Å². The first-order valence-electron chi connectivity index (χ1n) is 4.18. The summed E-state index contributed by atoms with van der Waals surface area (Å²) in [6, 6.07) is 1.89. The minimum Gasteiger partial charge on any atom is -0.822 e. The number of benzene rings is 1. The van der Waals surface area contributed by atoms with Gasteiger partial charge in [-0.1, -0.05) is 0 Å². The number of carbonyl (C=O) groups excluding carboxylic acids is 2. The van der Waals surface area contributed by atoms with Gasteiger partial charge in [0, 0.05) is 0 Å². The van der Waals surface area contributed by atoms with Crippen molar-refractivity contribution in [3.63, 3.8) is 0 Å². The maximum Gasteiger partial charge on any atom is 1.00 e. The summed E-state index contributed by atoms with van der Waals surface area (Å²) < 4.78 is 34.1. The van der Waals surface area contributed by atoms with Crippen molar-refractivity contribution in [1.82, 2.24) is 5.32 Å². The number of fused-ring (bicyclic) bond motifs is 1. The Morgan fingerprint density at radius 2 is 1.38 bits per heavy atom. The van der Waals surface area contributed by atoms with E-state index in [9.17, 15) is 18.4 Å². The van der Waals surface area contributed by atoms with Crippen LogP contribution in [0.1, 0.15) is 20.7 Å². The van der Waals surface area contributed by atoms with Crippen LogP contribution in [0.15, 0.2) is 12.1 Å². The molecule has 98 valence electrons. The van der Waals surface area contributed by atoms with Gasteiger partial charge in [0.1, 0.15) is 0 Å². The summed E-state index contributed by atoms with van der Waals surface area (Å²) in [5, 5.41) is 1.87. The van der Waals surface area contributed by atoms with E-state index in [0.717, 1.165) is 12.1 Å². The third-order valence-corrected chi connectivity index (χ3v) is 1.79. The van der Waals surface area contributed by atoms with E-state index in [1.807, 2.05) is 5.32 Å². The third-order valence-electron chi connectivity index (χ3n) is 1.79. The molecule has 0 saturated heterocycles. The fourth-order valence-electron chi connectivity index (χ4n) is 1.19. The van der Waals surface area contributed by atoms with E-state index in [0.29, 0.717) is 0 Å². The topological polar surface area (TPSA) is 132 Å². The molecule has 0 unspecified atom stereocenters. The summed E-state index contributed by atoms with van der Waals surface area (Å²) >= 11 is 0. The van der Waals surface area contributed by atoms with E-state index in [2.05, 4.69) is 0 Å². The molecule has 7 nitrogen and oxygen atoms in total. The molecule has 2 rings (SSSR count). The summed E-state index contributed by atoms with van der Waals surface area (Å²) in [5.41, 5.74) is -0.631. The molecular formula is C8H3F2Li3NO6P. The number of amides is 2. The first kappa shape index (κ1) is 26.0. The van der Waals surface area contributed by atoms with Gasteiger partial charge in [0.2, 0.25) is 0 Å². The SMILES string of the molecule is O=C1NC(=O)c2c1ccc(F)c2F.O=P([O-])([O-])[O-].[Li+].[Li+].[Li+]. The Morgan fingerprint density at radius 1 is 0.952 bits per heavy atom. The number of hydrogen-bond donors (Lipinski definition) is 1. The maximum atomic E-state index is 12.9. The summed E-state index contributed by atoms with van der Waals surface area (Å²) in [7, 11) is -5.39. The first-order valence-corrected chi connectivity index (χ1v) is 5.64. The molecule has 0 atom stereocenters. The molecule has 1 N–H and O–H groups in total. The van der Waals surface area contributed by atoms with Gasteiger partial charge in [-0.3, -0.25) is 14.9 Å². The van der Waals surface area contributed by atoms with Crippen molar-refractivity contribution in [2.24, 2.45) is 0 Å². The molecule has 0 aromatic heterocycles. The molecule has 21 heavy (non-hydrogen) atoms. The van der Waals surface area contributed by atoms with Crippen LogP contribution in [0.5, 0.6) is 0 Å². The molecule has 1 heterocycles. The monoisotopic (exact) mass is 299 g/mol. The van der Waals surface area contributed by atoms with Crippen LogP contribution in [0.2, 0.25) is 0 Å². The molecule has 0 aliphatic carbocycles. The standard InChI is InChI=1S/C8H3F2NO2.3Li.H3O4P/c9-4-2-1-3-5(6(4)10)8(13)11-7(3)12;;;;1-5(2,3)4/h1-2H,(H,11,12,13);;;;(H3,1,2,3,4)/q;3*+1;/p-3. The Kier molecular flexibility index (Phi) is 12.4. The largest absolute Gasteiger partial charge is 1.00 e. The van der Waals surface area contributed by atoms with Gasteiger partial charge in [0.15, 0.2) is 11.6 Å². The zero-order chi connectivity index (χ0) is 14.1. The van der Waals surface area contributed by atoms with Crippen LogP contribution in [0.3, 0.4) is 0 Å². The van der Waals surface area contributed by atoms with Crippen LogP contribution >= 0.6 is 7.82 Å². The molecule has 1 aromatic carbocycles. The summed E-state index contributed by atoms with van der Waals surface area (Å²) in [4.78, 5) is 47.5. The fourth-order valence-corrected chi connectivity index (χ4v) is 1.19. The van der Waals surface area contributed by atoms with E-state index in [1.165, 1.54) is 0 Å². The van der Waals surface area contributed by atoms with E-state index < -0.39 is 36.8 Å². The van der Waals surface area contributed by atoms with Crippen molar-refractivity contribution in [2.75, 3.05) is 0 Å². The van der Waals surface area contributed by atoms with Crippen molar-refractivity contribution in [2.45, 2.75) is 0 Å². The van der Waals surface area contributed by atoms with Gasteiger partial charge < -0.3 is 19.2 Å². The number of rotatable bonds is 0. The van der Waals surface area contributed by atoms with E-state index in [1.54, 1.807) is 0 Å². The molecule has 1 aromatic rings. The van der Waals surface area contributed by atoms with Crippen molar-refractivity contribution < 1.29 is 94.2 Å². The fraction of sp³-hybridized carbons (Fsp3) is 0. The molecule has 13 heteroatoms. The Bertz CT molecular complexity index is 573. The molecule has 1 aliphatic rings. The van der Waals surface area contributed by atoms with Gasteiger partial charge in [0.05, 0.1) is 11.1 Å². The summed E-state index contributed by atoms with van der Waals surface area (Å²) in [6.07, 6.45) is 0. The van der Waals surface area contributed by atoms with Crippen LogP contribution < -0.4 is 76.6 Å². The van der Waals surface area contributed by atoms with Gasteiger partial charge in [-0.15, -0.1) is 0 Å². The molecule has 0 radical (unpaired) electrons. The minimum atomic E-state index is -5.39. The van der Waals surface area contributed by atoms with Crippen molar-refractivity contribution in [1.29, 1.82) is 0 Å². The average Bonchev–Trinajstić information content (AvgIpc) is 2.46. The molecule has 2 amide bonds. The van der Waals surface area contributed by atoms with Crippen LogP contribution in [0.25, 0.3) is 0 Å². The second kappa shape index (κ2) is 10.0. The smallest absolute Gasteiger partial charge is 0.822 e. The van der Waals surface area contributed by atoms with Crippen LogP contribution in [-0.2, 0) is 4.57 Å². The average molecular weight is 299 g/mol. The number of phosphoric acid groups is 1. The van der Waals surface area contributed by atoms with E-state index in [-0.39, 0.29) is 62.1 Å². The first-order chi connectivity index (χ1) is 8.11. The Balaban J connectivity index is -0.000000360. The maximum absolute atomic E-state index is 12.9. The number of halogens is 2. The van der Waals surface area contributed by atoms with Gasteiger partial charge in [-0.2, -0.15) is 7.82 Å². The van der Waals surface area contributed by atoms with Crippen molar-refractivity contribution >= 4 is 19.6 Å². The van der Waals surface area contributed by atoms with Gasteiger partial charge in [-0.05, 0) is 12.1 Å². The number of carbonyl (C=O) groups is 2. The minimum absolute atomic E-state index is 0. The van der Waals surface area contributed by atoms with Crippen LogP contribution in [-0.4, -0.2) is 11.8 Å². The van der Waals surface area contributed by atoms with Gasteiger partial charge in [-0.25, -0.2) is 8.78 Å². The molecule has 1 aliphatic heterocycles. The molecule has 0 bridgehead atoms. The molecule has 0 fully saturated rings. The predicted octanol–water partition coefficient (Wildman–Crippen LogP) is -11.0. The third kappa shape index (κ3) is 7.79. The predicted molar refractivity (Wildman–Crippen MR) is 45.8 cm³/mol. The van der Waals surface area contributed by atoms with E-state index >= 15 is 0 Å².